The van der Waals surface area contributed by atoms with Gasteiger partial charge in [0.25, 0.3) is 0 Å². The van der Waals surface area contributed by atoms with E-state index in [2.05, 4.69) is 15.5 Å². The zero-order chi connectivity index (χ0) is 13.1. The number of carboxylic acids is 1. The zero-order valence-corrected chi connectivity index (χ0v) is 10.2. The number of nitrogens with zero attached hydrogens (tertiary/aromatic N) is 4. The monoisotopic (exact) mass is 250 g/mol. The fraction of sp³-hybridized carbons (Fsp3) is 0.455. The summed E-state index contributed by atoms with van der Waals surface area (Å²) >= 11 is 0. The minimum atomic E-state index is -0.884. The maximum absolute atomic E-state index is 10.8. The van der Waals surface area contributed by atoms with Crippen LogP contribution in [0.2, 0.25) is 0 Å². The van der Waals surface area contributed by atoms with Crippen LogP contribution >= 0.6 is 0 Å². The lowest BCUT2D eigenvalue weighted by Gasteiger charge is -2.06. The summed E-state index contributed by atoms with van der Waals surface area (Å²) in [6, 6.07) is 3.64. The molecule has 0 amide bonds. The molecule has 1 N–H and O–H groups in total. The molecule has 0 aliphatic rings. The highest BCUT2D eigenvalue weighted by atomic mass is 16.4. The second kappa shape index (κ2) is 4.99. The number of hydrogen-bond donors (Lipinski definition) is 1. The Morgan fingerprint density at radius 1 is 1.56 bits per heavy atom. The Kier molecular flexibility index (Phi) is 3.40. The highest BCUT2D eigenvalue weighted by Crippen LogP contribution is 2.20. The van der Waals surface area contributed by atoms with E-state index in [-0.39, 0.29) is 6.54 Å². The Morgan fingerprint density at radius 3 is 2.94 bits per heavy atom. The fourth-order valence-corrected chi connectivity index (χ4v) is 1.53. The molecule has 0 saturated carbocycles. The van der Waals surface area contributed by atoms with Crippen LogP contribution in [-0.4, -0.2) is 31.3 Å². The number of furan rings is 1. The van der Waals surface area contributed by atoms with Gasteiger partial charge < -0.3 is 9.52 Å². The molecule has 1 atom stereocenters. The molecule has 0 aliphatic heterocycles. The lowest BCUT2D eigenvalue weighted by molar-refractivity contribution is -0.141. The van der Waals surface area contributed by atoms with Crippen LogP contribution in [0.5, 0.6) is 0 Å². The van der Waals surface area contributed by atoms with Gasteiger partial charge in [0.2, 0.25) is 5.82 Å². The van der Waals surface area contributed by atoms with E-state index in [4.69, 9.17) is 9.52 Å². The fourth-order valence-electron chi connectivity index (χ4n) is 1.53. The van der Waals surface area contributed by atoms with Gasteiger partial charge in [-0.3, -0.25) is 4.79 Å². The van der Waals surface area contributed by atoms with E-state index >= 15 is 0 Å². The quantitative estimate of drug-likeness (QED) is 0.857. The summed E-state index contributed by atoms with van der Waals surface area (Å²) in [7, 11) is 0. The van der Waals surface area contributed by atoms with Crippen molar-refractivity contribution in [2.24, 2.45) is 5.92 Å². The molecule has 2 heterocycles. The molecule has 2 aromatic heterocycles. The van der Waals surface area contributed by atoms with Crippen LogP contribution in [0.15, 0.2) is 16.5 Å². The van der Waals surface area contributed by atoms with E-state index in [1.165, 1.54) is 4.68 Å². The number of hydrogen-bond acceptors (Lipinski definition) is 5. The van der Waals surface area contributed by atoms with Crippen LogP contribution in [0.4, 0.5) is 0 Å². The summed E-state index contributed by atoms with van der Waals surface area (Å²) in [5, 5.41) is 20.1. The molecule has 0 saturated heterocycles. The Hall–Kier alpha value is -2.18. The van der Waals surface area contributed by atoms with Crippen LogP contribution in [-0.2, 0) is 17.8 Å². The molecule has 2 aromatic rings. The average Bonchev–Trinajstić information content (AvgIpc) is 2.96. The lowest BCUT2D eigenvalue weighted by atomic mass is 10.2. The van der Waals surface area contributed by atoms with Gasteiger partial charge in [-0.15, -0.1) is 5.10 Å². The Morgan fingerprint density at radius 2 is 2.33 bits per heavy atom. The van der Waals surface area contributed by atoms with Crippen molar-refractivity contribution in [3.05, 3.63) is 17.9 Å². The lowest BCUT2D eigenvalue weighted by Crippen LogP contribution is -2.18. The molecule has 0 fully saturated rings. The van der Waals surface area contributed by atoms with Crippen molar-refractivity contribution in [2.45, 2.75) is 26.8 Å². The molecule has 7 heteroatoms. The molecule has 7 nitrogen and oxygen atoms in total. The van der Waals surface area contributed by atoms with Gasteiger partial charge in [-0.05, 0) is 22.6 Å². The maximum Gasteiger partial charge on any atom is 0.308 e. The van der Waals surface area contributed by atoms with Crippen molar-refractivity contribution in [3.8, 4) is 11.6 Å². The largest absolute Gasteiger partial charge is 0.481 e. The second-order valence-electron chi connectivity index (χ2n) is 4.04. The van der Waals surface area contributed by atoms with Gasteiger partial charge >= 0.3 is 5.97 Å². The number of aryl methyl sites for hydroxylation is 1. The third-order valence-electron chi connectivity index (χ3n) is 2.63. The van der Waals surface area contributed by atoms with Gasteiger partial charge in [-0.1, -0.05) is 13.8 Å². The van der Waals surface area contributed by atoms with Gasteiger partial charge in [0.05, 0.1) is 12.5 Å². The van der Waals surface area contributed by atoms with Gasteiger partial charge in [0, 0.05) is 6.42 Å². The third-order valence-corrected chi connectivity index (χ3v) is 2.63. The second-order valence-corrected chi connectivity index (χ2v) is 4.04. The molecule has 0 spiro atoms. The van der Waals surface area contributed by atoms with Gasteiger partial charge in [0.1, 0.15) is 5.76 Å². The number of rotatable bonds is 5. The van der Waals surface area contributed by atoms with Crippen molar-refractivity contribution in [3.63, 3.8) is 0 Å². The van der Waals surface area contributed by atoms with E-state index in [1.54, 1.807) is 13.0 Å². The van der Waals surface area contributed by atoms with Crippen molar-refractivity contribution >= 4 is 5.97 Å². The molecule has 1 unspecified atom stereocenters. The maximum atomic E-state index is 10.8. The van der Waals surface area contributed by atoms with Crippen molar-refractivity contribution in [1.82, 2.24) is 20.2 Å². The van der Waals surface area contributed by atoms with E-state index < -0.39 is 11.9 Å². The Labute approximate surface area is 103 Å². The predicted octanol–water partition coefficient (Wildman–Crippen LogP) is 1.22. The van der Waals surface area contributed by atoms with E-state index in [0.717, 1.165) is 12.2 Å². The van der Waals surface area contributed by atoms with Crippen LogP contribution in [0.25, 0.3) is 11.6 Å². The highest BCUT2D eigenvalue weighted by molar-refractivity contribution is 5.69. The molecule has 0 radical (unpaired) electrons. The minimum Gasteiger partial charge on any atom is -0.481 e. The first-order valence-electron chi connectivity index (χ1n) is 5.70. The molecule has 0 aromatic carbocycles. The van der Waals surface area contributed by atoms with Crippen molar-refractivity contribution in [1.29, 1.82) is 0 Å². The molecule has 18 heavy (non-hydrogen) atoms. The predicted molar refractivity (Wildman–Crippen MR) is 61.7 cm³/mol. The summed E-state index contributed by atoms with van der Waals surface area (Å²) in [4.78, 5) is 10.8. The summed E-state index contributed by atoms with van der Waals surface area (Å²) in [5.41, 5.74) is 0. The molecule has 0 bridgehead atoms. The van der Waals surface area contributed by atoms with Crippen LogP contribution in [0.1, 0.15) is 19.6 Å². The SMILES string of the molecule is CCc1ccc(-c2nnnn2CC(C)C(=O)O)o1. The molecular weight excluding hydrogens is 236 g/mol. The first-order chi connectivity index (χ1) is 8.61. The molecular formula is C11H14N4O3. The van der Waals surface area contributed by atoms with E-state index in [9.17, 15) is 4.79 Å². The summed E-state index contributed by atoms with van der Waals surface area (Å²) in [6.45, 7) is 3.80. The number of tetrazole rings is 1. The highest BCUT2D eigenvalue weighted by Gasteiger charge is 2.18. The van der Waals surface area contributed by atoms with Gasteiger partial charge in [-0.2, -0.15) is 0 Å². The smallest absolute Gasteiger partial charge is 0.308 e. The van der Waals surface area contributed by atoms with Crippen molar-refractivity contribution in [2.75, 3.05) is 0 Å². The third kappa shape index (κ3) is 2.39. The zero-order valence-electron chi connectivity index (χ0n) is 10.2. The topological polar surface area (TPSA) is 94.0 Å². The number of aromatic nitrogens is 4. The van der Waals surface area contributed by atoms with Crippen molar-refractivity contribution < 1.29 is 14.3 Å². The molecule has 96 valence electrons. The summed E-state index contributed by atoms with van der Waals surface area (Å²) in [6.07, 6.45) is 0.785. The molecule has 2 rings (SSSR count). The van der Waals surface area contributed by atoms with E-state index in [1.807, 2.05) is 13.0 Å². The first-order valence-corrected chi connectivity index (χ1v) is 5.70. The summed E-state index contributed by atoms with van der Waals surface area (Å²) < 4.78 is 6.99. The van der Waals surface area contributed by atoms with Crippen LogP contribution < -0.4 is 0 Å². The standard InChI is InChI=1S/C11H14N4O3/c1-3-8-4-5-9(18-8)10-12-13-14-15(10)6-7(2)11(16)17/h4-5,7H,3,6H2,1-2H3,(H,16,17). The summed E-state index contributed by atoms with van der Waals surface area (Å²) in [5.74, 6) is 0.390. The van der Waals surface area contributed by atoms with Gasteiger partial charge in [-0.25, -0.2) is 4.68 Å². The Bertz CT molecular complexity index is 546. The first kappa shape index (κ1) is 12.3. The van der Waals surface area contributed by atoms with Gasteiger partial charge in [0.15, 0.2) is 5.76 Å². The Balaban J connectivity index is 2.24. The number of aliphatic carboxylic acids is 1. The van der Waals surface area contributed by atoms with Crippen LogP contribution in [0, 0.1) is 5.92 Å². The number of carboxylic acid groups (broad SMARTS) is 1. The number of carbonyl (C=O) groups is 1. The normalized spacial score (nSPS) is 12.6. The van der Waals surface area contributed by atoms with E-state index in [0.29, 0.717) is 11.6 Å². The van der Waals surface area contributed by atoms with Crippen LogP contribution in [0.3, 0.4) is 0 Å². The average molecular weight is 250 g/mol. The minimum absolute atomic E-state index is 0.208. The molecule has 0 aliphatic carbocycles.